The number of rotatable bonds is 8. The van der Waals surface area contributed by atoms with E-state index in [-0.39, 0.29) is 17.7 Å². The molecule has 1 fully saturated rings. The van der Waals surface area contributed by atoms with E-state index in [1.807, 2.05) is 13.8 Å². The molecule has 1 aromatic carbocycles. The van der Waals surface area contributed by atoms with Gasteiger partial charge in [0.05, 0.1) is 0 Å². The molecule has 1 aliphatic heterocycles. The van der Waals surface area contributed by atoms with Gasteiger partial charge in [0.25, 0.3) is 5.91 Å². The molecule has 0 spiro atoms. The van der Waals surface area contributed by atoms with E-state index < -0.39 is 11.9 Å². The largest absolute Gasteiger partial charge is 0.354 e. The number of hydrogen-bond donors (Lipinski definition) is 2. The molecule has 1 aromatic rings. The van der Waals surface area contributed by atoms with Crippen molar-refractivity contribution >= 4 is 11.8 Å². The molecule has 2 N–H and O–H groups in total. The number of nitrogens with one attached hydrogen (secondary N) is 2. The molecule has 1 saturated heterocycles. The molecule has 150 valence electrons. The lowest BCUT2D eigenvalue weighted by Gasteiger charge is -2.33. The van der Waals surface area contributed by atoms with Crippen molar-refractivity contribution in [2.45, 2.75) is 58.5 Å². The van der Waals surface area contributed by atoms with Crippen LogP contribution in [0.3, 0.4) is 0 Å². The Balaban J connectivity index is 1.80. The first kappa shape index (κ1) is 21.4. The highest BCUT2D eigenvalue weighted by atomic mass is 19.1. The summed E-state index contributed by atoms with van der Waals surface area (Å²) in [6.45, 7) is 8.76. The molecule has 0 saturated carbocycles. The summed E-state index contributed by atoms with van der Waals surface area (Å²) >= 11 is 0. The van der Waals surface area contributed by atoms with Crippen molar-refractivity contribution in [1.29, 1.82) is 0 Å². The highest BCUT2D eigenvalue weighted by molar-refractivity contribution is 5.97. The van der Waals surface area contributed by atoms with E-state index in [1.54, 1.807) is 0 Å². The van der Waals surface area contributed by atoms with Crippen molar-refractivity contribution in [2.24, 2.45) is 5.92 Å². The Kier molecular flexibility index (Phi) is 8.23. The van der Waals surface area contributed by atoms with Gasteiger partial charge in [0, 0.05) is 24.7 Å². The Hall–Kier alpha value is -1.95. The first-order chi connectivity index (χ1) is 12.9. The molecule has 1 aliphatic rings. The van der Waals surface area contributed by atoms with Gasteiger partial charge in [-0.3, -0.25) is 9.59 Å². The van der Waals surface area contributed by atoms with Gasteiger partial charge in [-0.05, 0) is 62.9 Å². The molecule has 27 heavy (non-hydrogen) atoms. The molecule has 0 unspecified atom stereocenters. The number of halogens is 1. The average Bonchev–Trinajstić information content (AvgIpc) is 2.64. The van der Waals surface area contributed by atoms with Crippen LogP contribution in [0.25, 0.3) is 0 Å². The number of nitrogens with zero attached hydrogens (tertiary/aromatic N) is 1. The number of carbonyl (C=O) groups is 2. The number of benzene rings is 1. The number of likely N-dealkylation sites (tertiary alicyclic amines) is 1. The first-order valence-corrected chi connectivity index (χ1v) is 9.96. The van der Waals surface area contributed by atoms with E-state index in [9.17, 15) is 14.0 Å². The summed E-state index contributed by atoms with van der Waals surface area (Å²) in [5, 5.41) is 5.71. The summed E-state index contributed by atoms with van der Waals surface area (Å²) < 4.78 is 13.0. The fourth-order valence-corrected chi connectivity index (χ4v) is 3.45. The highest BCUT2D eigenvalue weighted by Crippen LogP contribution is 2.16. The van der Waals surface area contributed by atoms with E-state index in [0.29, 0.717) is 18.2 Å². The van der Waals surface area contributed by atoms with Gasteiger partial charge in [-0.2, -0.15) is 0 Å². The molecular formula is C21H32FN3O2. The minimum absolute atomic E-state index is 0.0449. The quantitative estimate of drug-likeness (QED) is 0.685. The van der Waals surface area contributed by atoms with E-state index >= 15 is 0 Å². The summed E-state index contributed by atoms with van der Waals surface area (Å²) in [5.41, 5.74) is 0.342. The molecule has 0 aromatic heterocycles. The van der Waals surface area contributed by atoms with Crippen LogP contribution in [0.15, 0.2) is 24.3 Å². The van der Waals surface area contributed by atoms with Gasteiger partial charge in [0.1, 0.15) is 11.9 Å². The summed E-state index contributed by atoms with van der Waals surface area (Å²) in [5.74, 6) is -0.984. The zero-order valence-electron chi connectivity index (χ0n) is 16.6. The highest BCUT2D eigenvalue weighted by Gasteiger charge is 2.24. The Morgan fingerprint density at radius 3 is 2.56 bits per heavy atom. The average molecular weight is 378 g/mol. The molecule has 5 nitrogen and oxygen atoms in total. The second-order valence-electron chi connectivity index (χ2n) is 7.73. The minimum Gasteiger partial charge on any atom is -0.354 e. The SMILES string of the molecule is CC(C)[C@H](NC(=O)c1ccc(F)cc1)C(=O)NCCCN1CCCC[C@@H]1C. The Morgan fingerprint density at radius 1 is 1.22 bits per heavy atom. The number of amides is 2. The van der Waals surface area contributed by atoms with Crippen molar-refractivity contribution in [3.8, 4) is 0 Å². The van der Waals surface area contributed by atoms with Crippen LogP contribution in [0.2, 0.25) is 0 Å². The third-order valence-electron chi connectivity index (χ3n) is 5.20. The standard InChI is InChI=1S/C21H32FN3O2/c1-15(2)19(24-20(26)17-8-10-18(22)11-9-17)21(27)23-12-6-14-25-13-5-4-7-16(25)3/h8-11,15-16,19H,4-7,12-14H2,1-3H3,(H,23,27)(H,24,26)/t16-,19-/m0/s1. The summed E-state index contributed by atoms with van der Waals surface area (Å²) in [6.07, 6.45) is 4.70. The topological polar surface area (TPSA) is 61.4 Å². The van der Waals surface area contributed by atoms with Crippen molar-refractivity contribution < 1.29 is 14.0 Å². The smallest absolute Gasteiger partial charge is 0.251 e. The minimum atomic E-state index is -0.614. The predicted molar refractivity (Wildman–Crippen MR) is 105 cm³/mol. The van der Waals surface area contributed by atoms with Crippen LogP contribution in [0.1, 0.15) is 56.8 Å². The lowest BCUT2D eigenvalue weighted by atomic mass is 10.0. The van der Waals surface area contributed by atoms with Crippen LogP contribution >= 0.6 is 0 Å². The molecular weight excluding hydrogens is 345 g/mol. The van der Waals surface area contributed by atoms with E-state index in [2.05, 4.69) is 22.5 Å². The van der Waals surface area contributed by atoms with Crippen LogP contribution < -0.4 is 10.6 Å². The van der Waals surface area contributed by atoms with Crippen molar-refractivity contribution in [2.75, 3.05) is 19.6 Å². The van der Waals surface area contributed by atoms with Crippen LogP contribution in [-0.4, -0.2) is 48.4 Å². The third-order valence-corrected chi connectivity index (χ3v) is 5.20. The van der Waals surface area contributed by atoms with Gasteiger partial charge in [0.2, 0.25) is 5.91 Å². The number of carbonyl (C=O) groups excluding carboxylic acids is 2. The van der Waals surface area contributed by atoms with Gasteiger partial charge in [0.15, 0.2) is 0 Å². The normalized spacial score (nSPS) is 18.9. The van der Waals surface area contributed by atoms with E-state index in [4.69, 9.17) is 0 Å². The molecule has 0 radical (unpaired) electrons. The van der Waals surface area contributed by atoms with Crippen LogP contribution in [0.5, 0.6) is 0 Å². The predicted octanol–water partition coefficient (Wildman–Crippen LogP) is 2.96. The summed E-state index contributed by atoms with van der Waals surface area (Å²) in [4.78, 5) is 27.3. The molecule has 0 aliphatic carbocycles. The Labute approximate surface area is 161 Å². The van der Waals surface area contributed by atoms with E-state index in [0.717, 1.165) is 19.5 Å². The van der Waals surface area contributed by atoms with Crippen molar-refractivity contribution in [1.82, 2.24) is 15.5 Å². The van der Waals surface area contributed by atoms with Gasteiger partial charge in [-0.25, -0.2) is 4.39 Å². The Bertz CT molecular complexity index is 618. The second kappa shape index (κ2) is 10.4. The van der Waals surface area contributed by atoms with Crippen molar-refractivity contribution in [3.63, 3.8) is 0 Å². The van der Waals surface area contributed by atoms with E-state index in [1.165, 1.54) is 43.5 Å². The van der Waals surface area contributed by atoms with Crippen LogP contribution in [0, 0.1) is 11.7 Å². The fraction of sp³-hybridized carbons (Fsp3) is 0.619. The van der Waals surface area contributed by atoms with Gasteiger partial charge in [-0.1, -0.05) is 20.3 Å². The molecule has 2 atom stereocenters. The first-order valence-electron chi connectivity index (χ1n) is 9.96. The van der Waals surface area contributed by atoms with Crippen LogP contribution in [0.4, 0.5) is 4.39 Å². The molecule has 6 heteroatoms. The lowest BCUT2D eigenvalue weighted by molar-refractivity contribution is -0.123. The molecule has 1 heterocycles. The van der Waals surface area contributed by atoms with Crippen molar-refractivity contribution in [3.05, 3.63) is 35.6 Å². The maximum absolute atomic E-state index is 13.0. The summed E-state index contributed by atoms with van der Waals surface area (Å²) in [7, 11) is 0. The molecule has 2 amide bonds. The van der Waals surface area contributed by atoms with Gasteiger partial charge < -0.3 is 15.5 Å². The molecule has 0 bridgehead atoms. The monoisotopic (exact) mass is 377 g/mol. The molecule has 2 rings (SSSR count). The zero-order valence-corrected chi connectivity index (χ0v) is 16.6. The fourth-order valence-electron chi connectivity index (χ4n) is 3.45. The summed E-state index contributed by atoms with van der Waals surface area (Å²) in [6, 6.07) is 5.31. The maximum atomic E-state index is 13.0. The Morgan fingerprint density at radius 2 is 1.93 bits per heavy atom. The van der Waals surface area contributed by atoms with Gasteiger partial charge in [-0.15, -0.1) is 0 Å². The number of piperidine rings is 1. The number of hydrogen-bond acceptors (Lipinski definition) is 3. The second-order valence-corrected chi connectivity index (χ2v) is 7.73. The maximum Gasteiger partial charge on any atom is 0.251 e. The van der Waals surface area contributed by atoms with Crippen LogP contribution in [-0.2, 0) is 4.79 Å². The third kappa shape index (κ3) is 6.61. The zero-order chi connectivity index (χ0) is 19.8. The van der Waals surface area contributed by atoms with Gasteiger partial charge >= 0.3 is 0 Å². The lowest BCUT2D eigenvalue weighted by Crippen LogP contribution is -2.50.